The molecule has 0 radical (unpaired) electrons. The molecule has 0 fully saturated rings. The molecule has 0 bridgehead atoms. The van der Waals surface area contributed by atoms with Gasteiger partial charge in [-0.1, -0.05) is 48.5 Å². The van der Waals surface area contributed by atoms with Crippen LogP contribution in [-0.2, 0) is 0 Å². The van der Waals surface area contributed by atoms with Gasteiger partial charge in [-0.05, 0) is 24.3 Å². The molecule has 0 unspecified atom stereocenters. The van der Waals surface area contributed by atoms with Crippen LogP contribution in [0.4, 0.5) is 11.4 Å². The summed E-state index contributed by atoms with van der Waals surface area (Å²) in [6.07, 6.45) is 0. The summed E-state index contributed by atoms with van der Waals surface area (Å²) in [5, 5.41) is 0. The lowest BCUT2D eigenvalue weighted by Crippen LogP contribution is -2.21. The summed E-state index contributed by atoms with van der Waals surface area (Å²) >= 11 is 0. The van der Waals surface area contributed by atoms with Gasteiger partial charge in [0.15, 0.2) is 5.78 Å². The number of hydrogen-bond acceptors (Lipinski definition) is 3. The van der Waals surface area contributed by atoms with Gasteiger partial charge < -0.3 is 4.90 Å². The Balaban J connectivity index is 1.89. The molecule has 3 nitrogen and oxygen atoms in total. The highest BCUT2D eigenvalue weighted by molar-refractivity contribution is 6.30. The molecule has 0 amide bonds. The molecular formula is C22H18N2O. The Morgan fingerprint density at radius 2 is 1.16 bits per heavy atom. The Morgan fingerprint density at radius 3 is 1.64 bits per heavy atom. The molecule has 0 spiro atoms. The standard InChI is InChI=1S/C22H18N2O/c1-24(2)16-13-11-15(12-14-16)23-21-17-7-3-5-9-19(17)22(25)20-10-6-4-8-18(20)21/h3-14H,1-2H3. The maximum Gasteiger partial charge on any atom is 0.194 e. The second-order valence-corrected chi connectivity index (χ2v) is 6.29. The van der Waals surface area contributed by atoms with E-state index in [1.165, 1.54) is 0 Å². The van der Waals surface area contributed by atoms with Gasteiger partial charge in [-0.25, -0.2) is 4.99 Å². The molecule has 0 aliphatic heterocycles. The fraction of sp³-hybridized carbons (Fsp3) is 0.0909. The highest BCUT2D eigenvalue weighted by Gasteiger charge is 2.27. The van der Waals surface area contributed by atoms with Crippen molar-refractivity contribution < 1.29 is 4.79 Å². The fourth-order valence-electron chi connectivity index (χ4n) is 3.14. The number of benzene rings is 3. The topological polar surface area (TPSA) is 32.7 Å². The molecule has 25 heavy (non-hydrogen) atoms. The summed E-state index contributed by atoms with van der Waals surface area (Å²) in [6.45, 7) is 0. The summed E-state index contributed by atoms with van der Waals surface area (Å²) in [6, 6.07) is 23.5. The first-order chi connectivity index (χ1) is 12.1. The van der Waals surface area contributed by atoms with E-state index in [1.54, 1.807) is 0 Å². The number of carbonyl (C=O) groups is 1. The molecule has 3 aromatic rings. The number of rotatable bonds is 2. The molecule has 0 saturated heterocycles. The minimum atomic E-state index is 0.0631. The third kappa shape index (κ3) is 2.64. The number of carbonyl (C=O) groups excluding carboxylic acids is 1. The average Bonchev–Trinajstić information content (AvgIpc) is 2.65. The van der Waals surface area contributed by atoms with Crippen molar-refractivity contribution >= 4 is 22.9 Å². The van der Waals surface area contributed by atoms with E-state index in [0.29, 0.717) is 11.1 Å². The van der Waals surface area contributed by atoms with Crippen LogP contribution in [0.25, 0.3) is 0 Å². The van der Waals surface area contributed by atoms with E-state index >= 15 is 0 Å². The average molecular weight is 326 g/mol. The largest absolute Gasteiger partial charge is 0.378 e. The number of aliphatic imine (C=N–C) groups is 1. The Morgan fingerprint density at radius 1 is 0.680 bits per heavy atom. The number of anilines is 1. The van der Waals surface area contributed by atoms with E-state index in [4.69, 9.17) is 4.99 Å². The van der Waals surface area contributed by atoms with Gasteiger partial charge in [-0.3, -0.25) is 4.79 Å². The van der Waals surface area contributed by atoms with E-state index in [1.807, 2.05) is 86.9 Å². The SMILES string of the molecule is CN(C)c1ccc(N=C2c3ccccc3C(=O)c3ccccc32)cc1. The van der Waals surface area contributed by atoms with E-state index < -0.39 is 0 Å². The van der Waals surface area contributed by atoms with Crippen molar-refractivity contribution in [3.63, 3.8) is 0 Å². The Bertz CT molecular complexity index is 933. The van der Waals surface area contributed by atoms with Gasteiger partial charge in [0.1, 0.15) is 0 Å². The number of nitrogens with zero attached hydrogens (tertiary/aromatic N) is 2. The van der Waals surface area contributed by atoms with Crippen LogP contribution in [0.15, 0.2) is 77.8 Å². The van der Waals surface area contributed by atoms with Crippen LogP contribution in [0, 0.1) is 0 Å². The molecule has 0 saturated carbocycles. The van der Waals surface area contributed by atoms with E-state index in [-0.39, 0.29) is 5.78 Å². The van der Waals surface area contributed by atoms with E-state index in [2.05, 4.69) is 4.90 Å². The predicted octanol–water partition coefficient (Wildman–Crippen LogP) is 4.47. The van der Waals surface area contributed by atoms with Crippen LogP contribution >= 0.6 is 0 Å². The molecule has 122 valence electrons. The molecule has 1 aliphatic rings. The molecule has 0 atom stereocenters. The van der Waals surface area contributed by atoms with Crippen molar-refractivity contribution in [1.82, 2.24) is 0 Å². The molecular weight excluding hydrogens is 308 g/mol. The lowest BCUT2D eigenvalue weighted by atomic mass is 9.83. The van der Waals surface area contributed by atoms with Crippen molar-refractivity contribution in [3.05, 3.63) is 95.1 Å². The second-order valence-electron chi connectivity index (χ2n) is 6.29. The fourth-order valence-corrected chi connectivity index (χ4v) is 3.14. The van der Waals surface area contributed by atoms with Crippen molar-refractivity contribution in [1.29, 1.82) is 0 Å². The minimum Gasteiger partial charge on any atom is -0.378 e. The summed E-state index contributed by atoms with van der Waals surface area (Å²) in [5.41, 5.74) is 6.06. The Hall–Kier alpha value is -3.20. The zero-order valence-corrected chi connectivity index (χ0v) is 14.2. The molecule has 0 aromatic heterocycles. The molecule has 3 heteroatoms. The van der Waals surface area contributed by atoms with Crippen molar-refractivity contribution in [3.8, 4) is 0 Å². The Labute approximate surface area is 147 Å². The Kier molecular flexibility index (Phi) is 3.69. The first-order valence-electron chi connectivity index (χ1n) is 8.25. The van der Waals surface area contributed by atoms with E-state index in [9.17, 15) is 4.79 Å². The van der Waals surface area contributed by atoms with Gasteiger partial charge in [-0.15, -0.1) is 0 Å². The lowest BCUT2D eigenvalue weighted by Gasteiger charge is -2.20. The van der Waals surface area contributed by atoms with Crippen molar-refractivity contribution in [2.45, 2.75) is 0 Å². The third-order valence-electron chi connectivity index (χ3n) is 4.46. The highest BCUT2D eigenvalue weighted by atomic mass is 16.1. The molecule has 0 N–H and O–H groups in total. The minimum absolute atomic E-state index is 0.0631. The first kappa shape index (κ1) is 15.3. The van der Waals surface area contributed by atoms with Gasteiger partial charge in [0, 0.05) is 42.0 Å². The van der Waals surface area contributed by atoms with Crippen molar-refractivity contribution in [2.24, 2.45) is 4.99 Å². The number of fused-ring (bicyclic) bond motifs is 2. The van der Waals surface area contributed by atoms with Crippen LogP contribution < -0.4 is 4.90 Å². The molecule has 3 aromatic carbocycles. The number of hydrogen-bond donors (Lipinski definition) is 0. The van der Waals surface area contributed by atoms with Gasteiger partial charge >= 0.3 is 0 Å². The maximum absolute atomic E-state index is 12.8. The monoisotopic (exact) mass is 326 g/mol. The zero-order chi connectivity index (χ0) is 17.4. The predicted molar refractivity (Wildman–Crippen MR) is 102 cm³/mol. The summed E-state index contributed by atoms with van der Waals surface area (Å²) in [7, 11) is 4.03. The van der Waals surface area contributed by atoms with Gasteiger partial charge in [0.2, 0.25) is 0 Å². The number of ketones is 1. The van der Waals surface area contributed by atoms with Crippen LogP contribution in [0.5, 0.6) is 0 Å². The highest BCUT2D eigenvalue weighted by Crippen LogP contribution is 2.30. The van der Waals surface area contributed by atoms with Crippen LogP contribution in [0.3, 0.4) is 0 Å². The smallest absolute Gasteiger partial charge is 0.194 e. The van der Waals surface area contributed by atoms with Gasteiger partial charge in [0.05, 0.1) is 11.4 Å². The molecule has 0 heterocycles. The van der Waals surface area contributed by atoms with Gasteiger partial charge in [0.25, 0.3) is 0 Å². The van der Waals surface area contributed by atoms with E-state index in [0.717, 1.165) is 28.2 Å². The normalized spacial score (nSPS) is 12.4. The quantitative estimate of drug-likeness (QED) is 0.544. The second kappa shape index (κ2) is 6.02. The third-order valence-corrected chi connectivity index (χ3v) is 4.46. The first-order valence-corrected chi connectivity index (χ1v) is 8.25. The van der Waals surface area contributed by atoms with Crippen LogP contribution in [0.2, 0.25) is 0 Å². The summed E-state index contributed by atoms with van der Waals surface area (Å²) in [4.78, 5) is 19.7. The molecule has 4 rings (SSSR count). The van der Waals surface area contributed by atoms with Crippen molar-refractivity contribution in [2.75, 3.05) is 19.0 Å². The summed E-state index contributed by atoms with van der Waals surface area (Å²) in [5.74, 6) is 0.0631. The van der Waals surface area contributed by atoms with Gasteiger partial charge in [-0.2, -0.15) is 0 Å². The zero-order valence-electron chi connectivity index (χ0n) is 14.2. The van der Waals surface area contributed by atoms with Crippen LogP contribution in [0.1, 0.15) is 27.0 Å². The maximum atomic E-state index is 12.8. The summed E-state index contributed by atoms with van der Waals surface area (Å²) < 4.78 is 0. The van der Waals surface area contributed by atoms with Crippen LogP contribution in [-0.4, -0.2) is 25.6 Å². The lowest BCUT2D eigenvalue weighted by molar-refractivity contribution is 0.103. The molecule has 1 aliphatic carbocycles.